The molecule has 0 saturated heterocycles. The van der Waals surface area contributed by atoms with Crippen LogP contribution in [0.3, 0.4) is 0 Å². The van der Waals surface area contributed by atoms with E-state index in [0.29, 0.717) is 0 Å². The van der Waals surface area contributed by atoms with E-state index in [1.54, 1.807) is 11.3 Å². The molecule has 0 aliphatic heterocycles. The van der Waals surface area contributed by atoms with E-state index in [1.807, 2.05) is 13.1 Å². The molecule has 2 aromatic rings. The van der Waals surface area contributed by atoms with Crippen LogP contribution in [0, 0.1) is 6.92 Å². The third kappa shape index (κ3) is 1.89. The molecule has 0 saturated carbocycles. The summed E-state index contributed by atoms with van der Waals surface area (Å²) in [7, 11) is 0. The van der Waals surface area contributed by atoms with E-state index in [-0.39, 0.29) is 0 Å². The fraction of sp³-hybridized carbons (Fsp3) is 0.222. The summed E-state index contributed by atoms with van der Waals surface area (Å²) in [5.74, 6) is 0. The summed E-state index contributed by atoms with van der Waals surface area (Å²) in [5, 5.41) is 12.2. The van der Waals surface area contributed by atoms with Crippen LogP contribution in [0.5, 0.6) is 0 Å². The van der Waals surface area contributed by atoms with Crippen LogP contribution in [0.1, 0.15) is 10.6 Å². The molecule has 0 atom stereocenters. The highest BCUT2D eigenvalue weighted by Gasteiger charge is 1.99. The van der Waals surface area contributed by atoms with E-state index in [2.05, 4.69) is 33.0 Å². The van der Waals surface area contributed by atoms with Gasteiger partial charge in [-0.25, -0.2) is 0 Å². The minimum absolute atomic E-state index is 0.873. The predicted molar refractivity (Wildman–Crippen MR) is 55.0 cm³/mol. The maximum absolute atomic E-state index is 3.94. The lowest BCUT2D eigenvalue weighted by Crippen LogP contribution is -1.97. The fourth-order valence-electron chi connectivity index (χ4n) is 1.12. The maximum Gasteiger partial charge on any atom is 0.0756 e. The summed E-state index contributed by atoms with van der Waals surface area (Å²) in [6.45, 7) is 2.88. The second kappa shape index (κ2) is 3.62. The Kier molecular flexibility index (Phi) is 2.31. The van der Waals surface area contributed by atoms with E-state index >= 15 is 0 Å². The van der Waals surface area contributed by atoms with E-state index in [0.717, 1.165) is 17.9 Å². The van der Waals surface area contributed by atoms with Gasteiger partial charge in [-0.3, -0.25) is 5.10 Å². The molecule has 4 heteroatoms. The first kappa shape index (κ1) is 8.31. The van der Waals surface area contributed by atoms with Gasteiger partial charge in [-0.1, -0.05) is 6.07 Å². The lowest BCUT2D eigenvalue weighted by Gasteiger charge is -2.01. The number of nitrogens with zero attached hydrogens (tertiary/aromatic N) is 1. The van der Waals surface area contributed by atoms with Crippen LogP contribution in [0.4, 0.5) is 5.69 Å². The molecule has 0 bridgehead atoms. The van der Waals surface area contributed by atoms with Crippen LogP contribution in [0.2, 0.25) is 0 Å². The Bertz CT molecular complexity index is 364. The van der Waals surface area contributed by atoms with E-state index in [1.165, 1.54) is 4.88 Å². The van der Waals surface area contributed by atoms with Gasteiger partial charge in [0.15, 0.2) is 0 Å². The Morgan fingerprint density at radius 1 is 1.62 bits per heavy atom. The van der Waals surface area contributed by atoms with Gasteiger partial charge in [0.1, 0.15) is 0 Å². The van der Waals surface area contributed by atoms with Crippen molar-refractivity contribution >= 4 is 17.0 Å². The number of thiophene rings is 1. The summed E-state index contributed by atoms with van der Waals surface area (Å²) >= 11 is 1.76. The Balaban J connectivity index is 1.97. The molecule has 0 spiro atoms. The molecule has 2 aromatic heterocycles. The van der Waals surface area contributed by atoms with Crippen LogP contribution in [0.25, 0.3) is 0 Å². The van der Waals surface area contributed by atoms with Crippen molar-refractivity contribution in [1.82, 2.24) is 10.2 Å². The van der Waals surface area contributed by atoms with Crippen LogP contribution >= 0.6 is 11.3 Å². The number of aromatic nitrogens is 2. The SMILES string of the molecule is Cc1[nH]ncc1NCc1cccs1. The van der Waals surface area contributed by atoms with Crippen molar-refractivity contribution in [1.29, 1.82) is 0 Å². The minimum Gasteiger partial charge on any atom is -0.377 e. The summed E-state index contributed by atoms with van der Waals surface area (Å²) < 4.78 is 0. The lowest BCUT2D eigenvalue weighted by atomic mass is 10.4. The summed E-state index contributed by atoms with van der Waals surface area (Å²) in [5.41, 5.74) is 2.16. The summed E-state index contributed by atoms with van der Waals surface area (Å²) in [6.07, 6.45) is 1.81. The lowest BCUT2D eigenvalue weighted by molar-refractivity contribution is 1.05. The maximum atomic E-state index is 3.94. The second-order valence-corrected chi connectivity index (χ2v) is 3.87. The second-order valence-electron chi connectivity index (χ2n) is 2.84. The van der Waals surface area contributed by atoms with E-state index in [4.69, 9.17) is 0 Å². The Labute approximate surface area is 80.8 Å². The molecule has 0 aliphatic carbocycles. The van der Waals surface area contributed by atoms with Crippen molar-refractivity contribution < 1.29 is 0 Å². The van der Waals surface area contributed by atoms with Gasteiger partial charge in [-0.15, -0.1) is 11.3 Å². The zero-order valence-electron chi connectivity index (χ0n) is 7.37. The summed E-state index contributed by atoms with van der Waals surface area (Å²) in [4.78, 5) is 1.33. The number of hydrogen-bond donors (Lipinski definition) is 2. The zero-order chi connectivity index (χ0) is 9.10. The molecule has 0 aliphatic rings. The number of H-pyrrole nitrogens is 1. The molecule has 0 aromatic carbocycles. The molecule has 0 unspecified atom stereocenters. The highest BCUT2D eigenvalue weighted by Crippen LogP contribution is 2.14. The quantitative estimate of drug-likeness (QED) is 0.785. The van der Waals surface area contributed by atoms with Crippen molar-refractivity contribution in [3.63, 3.8) is 0 Å². The number of hydrogen-bond acceptors (Lipinski definition) is 3. The first-order chi connectivity index (χ1) is 6.36. The standard InChI is InChI=1S/C9H11N3S/c1-7-9(6-11-12-7)10-5-8-3-2-4-13-8/h2-4,6,10H,5H2,1H3,(H,11,12). The molecule has 68 valence electrons. The van der Waals surface area contributed by atoms with Gasteiger partial charge in [-0.2, -0.15) is 5.10 Å². The largest absolute Gasteiger partial charge is 0.377 e. The number of rotatable bonds is 3. The van der Waals surface area contributed by atoms with Gasteiger partial charge in [0, 0.05) is 11.4 Å². The number of aromatic amines is 1. The van der Waals surface area contributed by atoms with Crippen molar-refractivity contribution in [2.45, 2.75) is 13.5 Å². The van der Waals surface area contributed by atoms with E-state index in [9.17, 15) is 0 Å². The average molecular weight is 193 g/mol. The third-order valence-corrected chi connectivity index (χ3v) is 2.74. The van der Waals surface area contributed by atoms with Gasteiger partial charge < -0.3 is 5.32 Å². The molecule has 0 fully saturated rings. The van der Waals surface area contributed by atoms with Crippen LogP contribution in [-0.2, 0) is 6.54 Å². The highest BCUT2D eigenvalue weighted by atomic mass is 32.1. The molecular weight excluding hydrogens is 182 g/mol. The van der Waals surface area contributed by atoms with Crippen molar-refractivity contribution in [2.24, 2.45) is 0 Å². The number of nitrogens with one attached hydrogen (secondary N) is 2. The van der Waals surface area contributed by atoms with Gasteiger partial charge in [0.2, 0.25) is 0 Å². The monoisotopic (exact) mass is 193 g/mol. The smallest absolute Gasteiger partial charge is 0.0756 e. The molecule has 13 heavy (non-hydrogen) atoms. The van der Waals surface area contributed by atoms with Gasteiger partial charge in [0.05, 0.1) is 17.6 Å². The number of anilines is 1. The topological polar surface area (TPSA) is 40.7 Å². The van der Waals surface area contributed by atoms with Gasteiger partial charge in [-0.05, 0) is 18.4 Å². The van der Waals surface area contributed by atoms with Crippen LogP contribution in [0.15, 0.2) is 23.7 Å². The van der Waals surface area contributed by atoms with Crippen molar-refractivity contribution in [3.05, 3.63) is 34.3 Å². The Morgan fingerprint density at radius 2 is 2.54 bits per heavy atom. The minimum atomic E-state index is 0.873. The first-order valence-corrected chi connectivity index (χ1v) is 5.00. The molecule has 0 amide bonds. The molecule has 2 heterocycles. The van der Waals surface area contributed by atoms with E-state index < -0.39 is 0 Å². The van der Waals surface area contributed by atoms with Gasteiger partial charge >= 0.3 is 0 Å². The Morgan fingerprint density at radius 3 is 3.15 bits per heavy atom. The normalized spacial score (nSPS) is 10.2. The van der Waals surface area contributed by atoms with Crippen LogP contribution < -0.4 is 5.32 Å². The molecule has 2 N–H and O–H groups in total. The third-order valence-electron chi connectivity index (χ3n) is 1.86. The highest BCUT2D eigenvalue weighted by molar-refractivity contribution is 7.09. The zero-order valence-corrected chi connectivity index (χ0v) is 8.19. The molecule has 3 nitrogen and oxygen atoms in total. The predicted octanol–water partition coefficient (Wildman–Crippen LogP) is 2.39. The summed E-state index contributed by atoms with van der Waals surface area (Å²) in [6, 6.07) is 4.18. The van der Waals surface area contributed by atoms with Gasteiger partial charge in [0.25, 0.3) is 0 Å². The Hall–Kier alpha value is -1.29. The van der Waals surface area contributed by atoms with Crippen molar-refractivity contribution in [2.75, 3.05) is 5.32 Å². The van der Waals surface area contributed by atoms with Crippen molar-refractivity contribution in [3.8, 4) is 0 Å². The molecule has 2 rings (SSSR count). The first-order valence-electron chi connectivity index (χ1n) is 4.12. The average Bonchev–Trinajstić information content (AvgIpc) is 2.72. The fourth-order valence-corrected chi connectivity index (χ4v) is 1.77. The number of aryl methyl sites for hydroxylation is 1. The molecule has 0 radical (unpaired) electrons. The molecular formula is C9H11N3S. The van der Waals surface area contributed by atoms with Crippen LogP contribution in [-0.4, -0.2) is 10.2 Å².